The van der Waals surface area contributed by atoms with Gasteiger partial charge in [-0.3, -0.25) is 4.99 Å². The van der Waals surface area contributed by atoms with Gasteiger partial charge in [0, 0.05) is 32.6 Å². The highest BCUT2D eigenvalue weighted by Gasteiger charge is 2.25. The third-order valence-electron chi connectivity index (χ3n) is 3.78. The smallest absolute Gasteiger partial charge is 0.193 e. The van der Waals surface area contributed by atoms with Gasteiger partial charge in [0.1, 0.15) is 0 Å². The van der Waals surface area contributed by atoms with E-state index in [1.54, 1.807) is 0 Å². The van der Waals surface area contributed by atoms with Crippen LogP contribution in [0.2, 0.25) is 0 Å². The Labute approximate surface area is 116 Å². The van der Waals surface area contributed by atoms with Gasteiger partial charge in [-0.2, -0.15) is 0 Å². The Kier molecular flexibility index (Phi) is 5.25. The van der Waals surface area contributed by atoms with Crippen LogP contribution in [-0.4, -0.2) is 37.5 Å². The summed E-state index contributed by atoms with van der Waals surface area (Å²) in [6.07, 6.45) is 3.64. The topological polar surface area (TPSA) is 27.6 Å². The van der Waals surface area contributed by atoms with Gasteiger partial charge in [-0.15, -0.1) is 0 Å². The first-order valence-corrected chi connectivity index (χ1v) is 7.35. The summed E-state index contributed by atoms with van der Waals surface area (Å²) in [4.78, 5) is 6.78. The van der Waals surface area contributed by atoms with E-state index >= 15 is 0 Å². The van der Waals surface area contributed by atoms with Crippen LogP contribution in [-0.2, 0) is 0 Å². The predicted octanol–water partition coefficient (Wildman–Crippen LogP) is 2.85. The summed E-state index contributed by atoms with van der Waals surface area (Å²) >= 11 is 0. The minimum Gasteiger partial charge on any atom is -0.356 e. The second-order valence-corrected chi connectivity index (χ2v) is 5.17. The summed E-state index contributed by atoms with van der Waals surface area (Å²) < 4.78 is 0. The lowest BCUT2D eigenvalue weighted by Crippen LogP contribution is -2.40. The number of hydrogen-bond donors (Lipinski definition) is 1. The van der Waals surface area contributed by atoms with Crippen LogP contribution < -0.4 is 5.32 Å². The molecule has 0 amide bonds. The van der Waals surface area contributed by atoms with Crippen molar-refractivity contribution in [1.29, 1.82) is 0 Å². The third kappa shape index (κ3) is 3.72. The van der Waals surface area contributed by atoms with Crippen molar-refractivity contribution in [3.8, 4) is 0 Å². The Morgan fingerprint density at radius 2 is 2.16 bits per heavy atom. The number of benzene rings is 1. The molecule has 0 radical (unpaired) electrons. The molecule has 3 nitrogen and oxygen atoms in total. The normalized spacial score (nSPS) is 19.8. The summed E-state index contributed by atoms with van der Waals surface area (Å²) in [7, 11) is 1.88. The van der Waals surface area contributed by atoms with E-state index in [2.05, 4.69) is 52.5 Å². The Balaban J connectivity index is 1.90. The molecule has 1 aliphatic rings. The molecule has 1 heterocycles. The Morgan fingerprint density at radius 3 is 2.84 bits per heavy atom. The molecular formula is C16H25N3. The number of aliphatic imine (C=N–C) groups is 1. The summed E-state index contributed by atoms with van der Waals surface area (Å²) in [5, 5.41) is 3.46. The fraction of sp³-hybridized carbons (Fsp3) is 0.562. The molecule has 0 bridgehead atoms. The second-order valence-electron chi connectivity index (χ2n) is 5.17. The molecular weight excluding hydrogens is 234 g/mol. The van der Waals surface area contributed by atoms with Crippen LogP contribution in [0, 0.1) is 0 Å². The molecule has 104 valence electrons. The SMILES string of the molecule is CCCCNC(=NC)N1CCC(c2ccccc2)C1. The lowest BCUT2D eigenvalue weighted by molar-refractivity contribution is 0.484. The molecule has 1 saturated heterocycles. The van der Waals surface area contributed by atoms with Gasteiger partial charge in [0.15, 0.2) is 5.96 Å². The van der Waals surface area contributed by atoms with Crippen LogP contribution in [0.15, 0.2) is 35.3 Å². The van der Waals surface area contributed by atoms with E-state index in [9.17, 15) is 0 Å². The Hall–Kier alpha value is -1.51. The lowest BCUT2D eigenvalue weighted by Gasteiger charge is -2.21. The fourth-order valence-electron chi connectivity index (χ4n) is 2.66. The molecule has 3 heteroatoms. The Morgan fingerprint density at radius 1 is 1.37 bits per heavy atom. The van der Waals surface area contributed by atoms with Crippen molar-refractivity contribution in [2.75, 3.05) is 26.7 Å². The van der Waals surface area contributed by atoms with Crippen molar-refractivity contribution in [2.45, 2.75) is 32.1 Å². The van der Waals surface area contributed by atoms with Crippen LogP contribution in [0.25, 0.3) is 0 Å². The number of nitrogens with one attached hydrogen (secondary N) is 1. The summed E-state index contributed by atoms with van der Waals surface area (Å²) in [6.45, 7) is 5.42. The maximum atomic E-state index is 4.40. The van der Waals surface area contributed by atoms with Crippen molar-refractivity contribution < 1.29 is 0 Å². The van der Waals surface area contributed by atoms with E-state index in [0.29, 0.717) is 5.92 Å². The highest BCUT2D eigenvalue weighted by atomic mass is 15.3. The molecule has 1 aliphatic heterocycles. The van der Waals surface area contributed by atoms with Crippen LogP contribution in [0.1, 0.15) is 37.7 Å². The van der Waals surface area contributed by atoms with Gasteiger partial charge in [0.05, 0.1) is 0 Å². The average Bonchev–Trinajstić information content (AvgIpc) is 2.94. The lowest BCUT2D eigenvalue weighted by atomic mass is 9.99. The van der Waals surface area contributed by atoms with Gasteiger partial charge >= 0.3 is 0 Å². The molecule has 1 N–H and O–H groups in total. The largest absolute Gasteiger partial charge is 0.356 e. The number of rotatable bonds is 4. The minimum absolute atomic E-state index is 0.644. The van der Waals surface area contributed by atoms with Gasteiger partial charge in [-0.05, 0) is 18.4 Å². The summed E-state index contributed by atoms with van der Waals surface area (Å²) in [5.74, 6) is 1.71. The number of guanidine groups is 1. The molecule has 19 heavy (non-hydrogen) atoms. The van der Waals surface area contributed by atoms with Crippen LogP contribution in [0.5, 0.6) is 0 Å². The standard InChI is InChI=1S/C16H25N3/c1-3-4-11-18-16(17-2)19-12-10-15(13-19)14-8-6-5-7-9-14/h5-9,15H,3-4,10-13H2,1-2H3,(H,17,18). The summed E-state index contributed by atoms with van der Waals surface area (Å²) in [6, 6.07) is 10.8. The van der Waals surface area contributed by atoms with Crippen LogP contribution >= 0.6 is 0 Å². The zero-order valence-corrected chi connectivity index (χ0v) is 12.1. The first-order valence-electron chi connectivity index (χ1n) is 7.35. The third-order valence-corrected chi connectivity index (χ3v) is 3.78. The van der Waals surface area contributed by atoms with Crippen molar-refractivity contribution in [1.82, 2.24) is 10.2 Å². The molecule has 1 aromatic rings. The molecule has 1 unspecified atom stereocenters. The van der Waals surface area contributed by atoms with Gasteiger partial charge in [-0.1, -0.05) is 43.7 Å². The van der Waals surface area contributed by atoms with E-state index in [1.165, 1.54) is 24.8 Å². The zero-order valence-electron chi connectivity index (χ0n) is 12.1. The first-order chi connectivity index (χ1) is 9.35. The highest BCUT2D eigenvalue weighted by molar-refractivity contribution is 5.80. The molecule has 0 spiro atoms. The van der Waals surface area contributed by atoms with E-state index in [1.807, 2.05) is 7.05 Å². The number of likely N-dealkylation sites (tertiary alicyclic amines) is 1. The predicted molar refractivity (Wildman–Crippen MR) is 81.6 cm³/mol. The maximum Gasteiger partial charge on any atom is 0.193 e. The van der Waals surface area contributed by atoms with E-state index in [4.69, 9.17) is 0 Å². The molecule has 1 aromatic carbocycles. The quantitative estimate of drug-likeness (QED) is 0.511. The monoisotopic (exact) mass is 259 g/mol. The Bertz CT molecular complexity index is 400. The number of unbranched alkanes of at least 4 members (excludes halogenated alkanes) is 1. The van der Waals surface area contributed by atoms with Crippen LogP contribution in [0.4, 0.5) is 0 Å². The zero-order chi connectivity index (χ0) is 13.5. The van der Waals surface area contributed by atoms with E-state index < -0.39 is 0 Å². The van der Waals surface area contributed by atoms with Crippen LogP contribution in [0.3, 0.4) is 0 Å². The second kappa shape index (κ2) is 7.17. The highest BCUT2D eigenvalue weighted by Crippen LogP contribution is 2.26. The van der Waals surface area contributed by atoms with Gasteiger partial charge in [-0.25, -0.2) is 0 Å². The van der Waals surface area contributed by atoms with E-state index in [0.717, 1.165) is 25.6 Å². The number of nitrogens with zero attached hydrogens (tertiary/aromatic N) is 2. The minimum atomic E-state index is 0.644. The molecule has 2 rings (SSSR count). The molecule has 1 fully saturated rings. The molecule has 0 aromatic heterocycles. The van der Waals surface area contributed by atoms with Crippen molar-refractivity contribution in [3.63, 3.8) is 0 Å². The van der Waals surface area contributed by atoms with Crippen molar-refractivity contribution in [3.05, 3.63) is 35.9 Å². The first kappa shape index (κ1) is 13.9. The maximum absolute atomic E-state index is 4.40. The average molecular weight is 259 g/mol. The summed E-state index contributed by atoms with van der Waals surface area (Å²) in [5.41, 5.74) is 1.45. The molecule has 0 aliphatic carbocycles. The van der Waals surface area contributed by atoms with Gasteiger partial charge in [0.2, 0.25) is 0 Å². The van der Waals surface area contributed by atoms with E-state index in [-0.39, 0.29) is 0 Å². The number of hydrogen-bond acceptors (Lipinski definition) is 1. The van der Waals surface area contributed by atoms with Gasteiger partial charge < -0.3 is 10.2 Å². The van der Waals surface area contributed by atoms with Crippen molar-refractivity contribution in [2.24, 2.45) is 4.99 Å². The van der Waals surface area contributed by atoms with Crippen molar-refractivity contribution >= 4 is 5.96 Å². The van der Waals surface area contributed by atoms with Gasteiger partial charge in [0.25, 0.3) is 0 Å². The molecule has 0 saturated carbocycles. The molecule has 1 atom stereocenters. The fourth-order valence-corrected chi connectivity index (χ4v) is 2.66.